The van der Waals surface area contributed by atoms with E-state index in [0.717, 1.165) is 29.9 Å². The molecule has 1 unspecified atom stereocenters. The second-order valence-corrected chi connectivity index (χ2v) is 6.89. The van der Waals surface area contributed by atoms with Gasteiger partial charge in [0.25, 0.3) is 0 Å². The number of pyridine rings is 1. The average molecular weight is 526 g/mol. The summed E-state index contributed by atoms with van der Waals surface area (Å²) in [5.74, 6) is 2.24. The molecule has 3 rings (SSSR count). The molecule has 8 heteroatoms. The largest absolute Gasteiger partial charge is 0.488 e. The van der Waals surface area contributed by atoms with Crippen LogP contribution in [0, 0.1) is 6.92 Å². The van der Waals surface area contributed by atoms with Crippen molar-refractivity contribution in [3.63, 3.8) is 0 Å². The number of benzene rings is 1. The van der Waals surface area contributed by atoms with Gasteiger partial charge in [0, 0.05) is 43.9 Å². The number of hydrogen-bond donors (Lipinski definition) is 2. The Bertz CT molecular complexity index is 826. The molecule has 0 amide bonds. The van der Waals surface area contributed by atoms with Gasteiger partial charge in [-0.25, -0.2) is 4.98 Å². The van der Waals surface area contributed by atoms with Gasteiger partial charge in [-0.3, -0.25) is 4.99 Å². The summed E-state index contributed by atoms with van der Waals surface area (Å²) in [7, 11) is 1.75. The molecule has 1 aliphatic rings. The summed E-state index contributed by atoms with van der Waals surface area (Å²) in [5, 5.41) is 6.68. The van der Waals surface area contributed by atoms with Crippen LogP contribution in [0.1, 0.15) is 30.0 Å². The van der Waals surface area contributed by atoms with Gasteiger partial charge in [-0.2, -0.15) is 0 Å². The summed E-state index contributed by atoms with van der Waals surface area (Å²) in [6.07, 6.45) is 2.78. The molecular formula is C22H31IN4O3. The second kappa shape index (κ2) is 12.6. The van der Waals surface area contributed by atoms with E-state index >= 15 is 0 Å². The van der Waals surface area contributed by atoms with Crippen LogP contribution in [0.5, 0.6) is 11.6 Å². The smallest absolute Gasteiger partial charge is 0.218 e. The Morgan fingerprint density at radius 2 is 2.03 bits per heavy atom. The van der Waals surface area contributed by atoms with Crippen LogP contribution in [0.15, 0.2) is 41.5 Å². The topological polar surface area (TPSA) is 77.0 Å². The van der Waals surface area contributed by atoms with Crippen LogP contribution in [0.4, 0.5) is 0 Å². The van der Waals surface area contributed by atoms with Crippen LogP contribution in [0.3, 0.4) is 0 Å². The van der Waals surface area contributed by atoms with E-state index in [-0.39, 0.29) is 30.1 Å². The maximum atomic E-state index is 6.18. The molecule has 2 heterocycles. The van der Waals surface area contributed by atoms with Crippen molar-refractivity contribution in [3.05, 3.63) is 53.2 Å². The Hall–Kier alpha value is -2.07. The highest BCUT2D eigenvalue weighted by Crippen LogP contribution is 2.23. The molecule has 2 aromatic rings. The Kier molecular flexibility index (Phi) is 10.2. The van der Waals surface area contributed by atoms with Crippen molar-refractivity contribution in [2.45, 2.75) is 39.5 Å². The zero-order valence-corrected chi connectivity index (χ0v) is 20.1. The number of rotatable bonds is 8. The van der Waals surface area contributed by atoms with Gasteiger partial charge in [0.05, 0.1) is 19.8 Å². The van der Waals surface area contributed by atoms with Crippen molar-refractivity contribution in [2.24, 2.45) is 4.99 Å². The standard InChI is InChI=1S/C22H30N4O3.HI/c1-4-28-21-18(6-5-10-24-21)14-26-22(23-3)25-13-17-8-7-16(2)12-20(17)29-19-9-11-27-15-19;/h5-8,10,12,19H,4,9,11,13-15H2,1-3H3,(H2,23,25,26);1H. The maximum absolute atomic E-state index is 6.18. The van der Waals surface area contributed by atoms with Crippen molar-refractivity contribution < 1.29 is 14.2 Å². The molecule has 0 spiro atoms. The summed E-state index contributed by atoms with van der Waals surface area (Å²) in [4.78, 5) is 8.60. The first-order valence-electron chi connectivity index (χ1n) is 10.0. The highest BCUT2D eigenvalue weighted by molar-refractivity contribution is 14.0. The number of halogens is 1. The minimum Gasteiger partial charge on any atom is -0.488 e. The van der Waals surface area contributed by atoms with Crippen LogP contribution in [-0.2, 0) is 17.8 Å². The van der Waals surface area contributed by atoms with E-state index in [9.17, 15) is 0 Å². The lowest BCUT2D eigenvalue weighted by atomic mass is 10.1. The summed E-state index contributed by atoms with van der Waals surface area (Å²) >= 11 is 0. The number of hydrogen-bond acceptors (Lipinski definition) is 5. The van der Waals surface area contributed by atoms with Gasteiger partial charge in [-0.15, -0.1) is 24.0 Å². The Morgan fingerprint density at radius 3 is 2.73 bits per heavy atom. The second-order valence-electron chi connectivity index (χ2n) is 6.89. The van der Waals surface area contributed by atoms with Gasteiger partial charge < -0.3 is 24.8 Å². The monoisotopic (exact) mass is 526 g/mol. The summed E-state index contributed by atoms with van der Waals surface area (Å²) < 4.78 is 17.2. The van der Waals surface area contributed by atoms with Crippen molar-refractivity contribution >= 4 is 29.9 Å². The minimum absolute atomic E-state index is 0. The van der Waals surface area contributed by atoms with E-state index in [2.05, 4.69) is 45.7 Å². The van der Waals surface area contributed by atoms with Crippen LogP contribution in [0.25, 0.3) is 0 Å². The fraction of sp³-hybridized carbons (Fsp3) is 0.455. The molecular weight excluding hydrogens is 495 g/mol. The minimum atomic E-state index is 0. The van der Waals surface area contributed by atoms with E-state index in [4.69, 9.17) is 14.2 Å². The first-order chi connectivity index (χ1) is 14.2. The van der Waals surface area contributed by atoms with E-state index in [0.29, 0.717) is 38.1 Å². The molecule has 164 valence electrons. The molecule has 0 aliphatic carbocycles. The van der Waals surface area contributed by atoms with Gasteiger partial charge >= 0.3 is 0 Å². The van der Waals surface area contributed by atoms with Gasteiger partial charge in [0.2, 0.25) is 5.88 Å². The molecule has 1 atom stereocenters. The summed E-state index contributed by atoms with van der Waals surface area (Å²) in [6, 6.07) is 10.2. The zero-order chi connectivity index (χ0) is 20.5. The third-order valence-corrected chi connectivity index (χ3v) is 4.65. The van der Waals surface area contributed by atoms with E-state index in [1.54, 1.807) is 13.2 Å². The number of guanidine groups is 1. The zero-order valence-electron chi connectivity index (χ0n) is 17.8. The lowest BCUT2D eigenvalue weighted by molar-refractivity contribution is 0.140. The lowest BCUT2D eigenvalue weighted by Gasteiger charge is -2.18. The average Bonchev–Trinajstić information content (AvgIpc) is 3.24. The maximum Gasteiger partial charge on any atom is 0.218 e. The van der Waals surface area contributed by atoms with Crippen molar-refractivity contribution in [1.29, 1.82) is 0 Å². The number of nitrogens with one attached hydrogen (secondary N) is 2. The molecule has 7 nitrogen and oxygen atoms in total. The highest BCUT2D eigenvalue weighted by Gasteiger charge is 2.18. The lowest BCUT2D eigenvalue weighted by Crippen LogP contribution is -2.36. The van der Waals surface area contributed by atoms with Crippen LogP contribution < -0.4 is 20.1 Å². The molecule has 1 saturated heterocycles. The quantitative estimate of drug-likeness (QED) is 0.312. The van der Waals surface area contributed by atoms with Gasteiger partial charge in [0.15, 0.2) is 5.96 Å². The van der Waals surface area contributed by atoms with Gasteiger partial charge in [-0.1, -0.05) is 18.2 Å². The molecule has 1 fully saturated rings. The Morgan fingerprint density at radius 1 is 1.23 bits per heavy atom. The first-order valence-corrected chi connectivity index (χ1v) is 10.0. The van der Waals surface area contributed by atoms with E-state index < -0.39 is 0 Å². The highest BCUT2D eigenvalue weighted by atomic mass is 127. The van der Waals surface area contributed by atoms with Crippen LogP contribution >= 0.6 is 24.0 Å². The Balaban J connectivity index is 0.00000320. The molecule has 1 aromatic heterocycles. The fourth-order valence-corrected chi connectivity index (χ4v) is 3.11. The number of aryl methyl sites for hydroxylation is 1. The third kappa shape index (κ3) is 7.02. The molecule has 1 aromatic carbocycles. The SMILES string of the molecule is CCOc1ncccc1CNC(=NC)NCc1ccc(C)cc1OC1CCOC1.I. The number of nitrogens with zero attached hydrogens (tertiary/aromatic N) is 2. The van der Waals surface area contributed by atoms with Crippen LogP contribution in [0.2, 0.25) is 0 Å². The molecule has 0 saturated carbocycles. The third-order valence-electron chi connectivity index (χ3n) is 4.65. The van der Waals surface area contributed by atoms with Crippen molar-refractivity contribution in [3.8, 4) is 11.6 Å². The van der Waals surface area contributed by atoms with E-state index in [1.807, 2.05) is 19.1 Å². The molecule has 2 N–H and O–H groups in total. The first kappa shape index (κ1) is 24.2. The number of ether oxygens (including phenoxy) is 3. The molecule has 0 radical (unpaired) electrons. The van der Waals surface area contributed by atoms with Gasteiger partial charge in [0.1, 0.15) is 11.9 Å². The normalized spacial score (nSPS) is 16.0. The predicted octanol–water partition coefficient (Wildman–Crippen LogP) is 3.44. The molecule has 0 bridgehead atoms. The molecule has 1 aliphatic heterocycles. The molecule has 30 heavy (non-hydrogen) atoms. The number of aliphatic imine (C=N–C) groups is 1. The van der Waals surface area contributed by atoms with Gasteiger partial charge in [-0.05, 0) is 31.5 Å². The van der Waals surface area contributed by atoms with E-state index in [1.165, 1.54) is 5.56 Å². The van der Waals surface area contributed by atoms with Crippen molar-refractivity contribution in [1.82, 2.24) is 15.6 Å². The number of aromatic nitrogens is 1. The fourth-order valence-electron chi connectivity index (χ4n) is 3.11. The summed E-state index contributed by atoms with van der Waals surface area (Å²) in [5.41, 5.74) is 3.24. The Labute approximate surface area is 195 Å². The summed E-state index contributed by atoms with van der Waals surface area (Å²) in [6.45, 7) is 7.19. The predicted molar refractivity (Wildman–Crippen MR) is 129 cm³/mol. The van der Waals surface area contributed by atoms with Crippen LogP contribution in [-0.4, -0.2) is 43.9 Å². The van der Waals surface area contributed by atoms with Crippen molar-refractivity contribution in [2.75, 3.05) is 26.9 Å².